The van der Waals surface area contributed by atoms with Crippen LogP contribution in [0.2, 0.25) is 0 Å². The molecule has 3 heterocycles. The summed E-state index contributed by atoms with van der Waals surface area (Å²) in [5, 5.41) is 0. The van der Waals surface area contributed by atoms with Crippen LogP contribution in [0.15, 0.2) is 54.9 Å². The van der Waals surface area contributed by atoms with E-state index in [1.54, 1.807) is 0 Å². The van der Waals surface area contributed by atoms with Crippen molar-refractivity contribution in [1.82, 2.24) is 14.9 Å². The molecule has 0 unspecified atom stereocenters. The molecule has 2 aromatic heterocycles. The van der Waals surface area contributed by atoms with E-state index in [4.69, 9.17) is 0 Å². The monoisotopic (exact) mass is 349 g/mol. The minimum atomic E-state index is -0.213. The van der Waals surface area contributed by atoms with Crippen LogP contribution in [-0.2, 0) is 0 Å². The molecule has 0 aliphatic carbocycles. The Morgan fingerprint density at radius 2 is 1.81 bits per heavy atom. The molecule has 0 amide bonds. The van der Waals surface area contributed by atoms with Crippen molar-refractivity contribution < 1.29 is 4.39 Å². The molecule has 1 aliphatic rings. The van der Waals surface area contributed by atoms with Gasteiger partial charge in [-0.25, -0.2) is 4.39 Å². The minimum absolute atomic E-state index is 0.213. The van der Waals surface area contributed by atoms with E-state index in [0.29, 0.717) is 11.8 Å². The Morgan fingerprint density at radius 3 is 2.50 bits per heavy atom. The molecule has 0 radical (unpaired) electrons. The molecule has 4 rings (SSSR count). The summed E-state index contributed by atoms with van der Waals surface area (Å²) < 4.78 is 13.4. The van der Waals surface area contributed by atoms with Gasteiger partial charge in [0.2, 0.25) is 0 Å². The van der Waals surface area contributed by atoms with Gasteiger partial charge in [0.05, 0.1) is 5.69 Å². The molecule has 1 fully saturated rings. The average Bonchev–Trinajstić information content (AvgIpc) is 3.08. The third-order valence-corrected chi connectivity index (χ3v) is 5.47. The van der Waals surface area contributed by atoms with Gasteiger partial charge in [-0.3, -0.25) is 4.98 Å². The summed E-state index contributed by atoms with van der Waals surface area (Å²) in [7, 11) is 2.19. The SMILES string of the molecule is C[C@H]1CN(C)CC[C@H]1c1cc(-c2ccncc2)c(-c2ccc(F)cc2)[nH]1. The maximum absolute atomic E-state index is 13.4. The molecular formula is C22H24FN3. The first kappa shape index (κ1) is 17.0. The second-order valence-corrected chi connectivity index (χ2v) is 7.39. The Kier molecular flexibility index (Phi) is 4.60. The number of halogens is 1. The van der Waals surface area contributed by atoms with E-state index in [9.17, 15) is 4.39 Å². The Balaban J connectivity index is 1.79. The lowest BCUT2D eigenvalue weighted by Crippen LogP contribution is -2.35. The van der Waals surface area contributed by atoms with Crippen molar-refractivity contribution in [2.45, 2.75) is 19.3 Å². The molecule has 2 atom stereocenters. The summed E-state index contributed by atoms with van der Waals surface area (Å²) in [4.78, 5) is 10.2. The quantitative estimate of drug-likeness (QED) is 0.726. The van der Waals surface area contributed by atoms with Crippen molar-refractivity contribution in [2.75, 3.05) is 20.1 Å². The van der Waals surface area contributed by atoms with Crippen LogP contribution in [0.4, 0.5) is 4.39 Å². The number of aromatic nitrogens is 2. The Hall–Kier alpha value is -2.46. The van der Waals surface area contributed by atoms with Crippen molar-refractivity contribution in [3.8, 4) is 22.4 Å². The number of H-pyrrole nitrogens is 1. The zero-order valence-corrected chi connectivity index (χ0v) is 15.2. The lowest BCUT2D eigenvalue weighted by Gasteiger charge is -2.34. The van der Waals surface area contributed by atoms with E-state index in [1.807, 2.05) is 36.7 Å². The van der Waals surface area contributed by atoms with Crippen molar-refractivity contribution in [1.29, 1.82) is 0 Å². The number of hydrogen-bond donors (Lipinski definition) is 1. The highest BCUT2D eigenvalue weighted by Crippen LogP contribution is 2.38. The lowest BCUT2D eigenvalue weighted by atomic mass is 9.84. The summed E-state index contributed by atoms with van der Waals surface area (Å²) in [6.07, 6.45) is 4.78. The van der Waals surface area contributed by atoms with Crippen LogP contribution >= 0.6 is 0 Å². The molecular weight excluding hydrogens is 325 g/mol. The van der Waals surface area contributed by atoms with Crippen LogP contribution in [0, 0.1) is 11.7 Å². The molecule has 1 aliphatic heterocycles. The highest BCUT2D eigenvalue weighted by atomic mass is 19.1. The normalized spacial score (nSPS) is 21.0. The number of nitrogens with one attached hydrogen (secondary N) is 1. The maximum Gasteiger partial charge on any atom is 0.123 e. The number of pyridine rings is 1. The standard InChI is InChI=1S/C22H24FN3/c1-15-14-26(2)12-9-19(15)21-13-20(16-7-10-24-11-8-16)22(25-21)17-3-5-18(23)6-4-17/h3-8,10-11,13,15,19,25H,9,12,14H2,1-2H3/t15-,19+/m0/s1. The van der Waals surface area contributed by atoms with E-state index in [2.05, 4.69) is 34.9 Å². The molecule has 3 aromatic rings. The molecule has 0 saturated carbocycles. The first-order chi connectivity index (χ1) is 12.6. The molecule has 1 saturated heterocycles. The Morgan fingerprint density at radius 1 is 1.08 bits per heavy atom. The zero-order chi connectivity index (χ0) is 18.1. The van der Waals surface area contributed by atoms with Crippen LogP contribution in [0.1, 0.15) is 25.0 Å². The summed E-state index contributed by atoms with van der Waals surface area (Å²) in [6.45, 7) is 4.55. The molecule has 134 valence electrons. The molecule has 1 N–H and O–H groups in total. The van der Waals surface area contributed by atoms with E-state index < -0.39 is 0 Å². The van der Waals surface area contributed by atoms with Crippen LogP contribution in [0.25, 0.3) is 22.4 Å². The number of aromatic amines is 1. The number of hydrogen-bond acceptors (Lipinski definition) is 2. The fourth-order valence-electron chi connectivity index (χ4n) is 4.09. The molecule has 0 bridgehead atoms. The van der Waals surface area contributed by atoms with Crippen molar-refractivity contribution in [3.05, 3.63) is 66.4 Å². The van der Waals surface area contributed by atoms with E-state index in [1.165, 1.54) is 17.8 Å². The van der Waals surface area contributed by atoms with Crippen LogP contribution in [0.5, 0.6) is 0 Å². The third kappa shape index (κ3) is 3.29. The van der Waals surface area contributed by atoms with E-state index in [0.717, 1.165) is 41.9 Å². The smallest absolute Gasteiger partial charge is 0.123 e. The number of nitrogens with zero attached hydrogens (tertiary/aromatic N) is 2. The summed E-state index contributed by atoms with van der Waals surface area (Å²) in [6, 6.07) is 13.0. The minimum Gasteiger partial charge on any atom is -0.358 e. The Labute approximate surface area is 153 Å². The van der Waals surface area contributed by atoms with Crippen LogP contribution in [-0.4, -0.2) is 35.0 Å². The first-order valence-electron chi connectivity index (χ1n) is 9.19. The number of piperidine rings is 1. The fraction of sp³-hybridized carbons (Fsp3) is 0.318. The number of rotatable bonds is 3. The molecule has 0 spiro atoms. The highest BCUT2D eigenvalue weighted by Gasteiger charge is 2.28. The Bertz CT molecular complexity index is 870. The lowest BCUT2D eigenvalue weighted by molar-refractivity contribution is 0.194. The summed E-state index contributed by atoms with van der Waals surface area (Å²) in [5.74, 6) is 0.898. The average molecular weight is 349 g/mol. The number of likely N-dealkylation sites (tertiary alicyclic amines) is 1. The number of benzene rings is 1. The zero-order valence-electron chi connectivity index (χ0n) is 15.2. The van der Waals surface area contributed by atoms with Gasteiger partial charge < -0.3 is 9.88 Å². The van der Waals surface area contributed by atoms with Gasteiger partial charge >= 0.3 is 0 Å². The van der Waals surface area contributed by atoms with Gasteiger partial charge in [-0.1, -0.05) is 6.92 Å². The van der Waals surface area contributed by atoms with Crippen LogP contribution in [0.3, 0.4) is 0 Å². The predicted molar refractivity (Wildman–Crippen MR) is 103 cm³/mol. The van der Waals surface area contributed by atoms with Crippen molar-refractivity contribution in [2.24, 2.45) is 5.92 Å². The summed E-state index contributed by atoms with van der Waals surface area (Å²) in [5.41, 5.74) is 5.61. The molecule has 1 aromatic carbocycles. The molecule has 4 heteroatoms. The fourth-order valence-corrected chi connectivity index (χ4v) is 4.09. The van der Waals surface area contributed by atoms with Gasteiger partial charge in [-0.2, -0.15) is 0 Å². The van der Waals surface area contributed by atoms with Gasteiger partial charge in [0.25, 0.3) is 0 Å². The second kappa shape index (κ2) is 7.04. The van der Waals surface area contributed by atoms with Crippen LogP contribution < -0.4 is 0 Å². The highest BCUT2D eigenvalue weighted by molar-refractivity contribution is 5.82. The summed E-state index contributed by atoms with van der Waals surface area (Å²) >= 11 is 0. The van der Waals surface area contributed by atoms with Gasteiger partial charge in [-0.15, -0.1) is 0 Å². The van der Waals surface area contributed by atoms with E-state index >= 15 is 0 Å². The van der Waals surface area contributed by atoms with Crippen molar-refractivity contribution >= 4 is 0 Å². The maximum atomic E-state index is 13.4. The van der Waals surface area contributed by atoms with Gasteiger partial charge in [0, 0.05) is 36.1 Å². The second-order valence-electron chi connectivity index (χ2n) is 7.39. The van der Waals surface area contributed by atoms with E-state index in [-0.39, 0.29) is 5.82 Å². The third-order valence-electron chi connectivity index (χ3n) is 5.47. The predicted octanol–water partition coefficient (Wildman–Crippen LogP) is 4.94. The largest absolute Gasteiger partial charge is 0.358 e. The first-order valence-corrected chi connectivity index (χ1v) is 9.19. The van der Waals surface area contributed by atoms with Gasteiger partial charge in [-0.05, 0) is 79.5 Å². The van der Waals surface area contributed by atoms with Gasteiger partial charge in [0.1, 0.15) is 5.82 Å². The topological polar surface area (TPSA) is 31.9 Å². The van der Waals surface area contributed by atoms with Crippen molar-refractivity contribution in [3.63, 3.8) is 0 Å². The molecule has 26 heavy (non-hydrogen) atoms. The molecule has 3 nitrogen and oxygen atoms in total. The van der Waals surface area contributed by atoms with Gasteiger partial charge in [0.15, 0.2) is 0 Å².